The van der Waals surface area contributed by atoms with Crippen molar-refractivity contribution in [1.82, 2.24) is 4.98 Å². The molecule has 0 saturated carbocycles. The van der Waals surface area contributed by atoms with Crippen LogP contribution in [-0.2, 0) is 14.6 Å². The lowest BCUT2D eigenvalue weighted by molar-refractivity contribution is -0.114. The van der Waals surface area contributed by atoms with Crippen molar-refractivity contribution in [3.8, 4) is 0 Å². The van der Waals surface area contributed by atoms with E-state index in [1.165, 1.54) is 29.5 Å². The van der Waals surface area contributed by atoms with E-state index in [-0.39, 0.29) is 16.8 Å². The SMILES string of the molecule is Cc1nc(/C=C/C(=O)N(c2ccc(S(C)(=O)=O)cc2)C(C)C)cs1. The predicted molar refractivity (Wildman–Crippen MR) is 98.1 cm³/mol. The number of thiazole rings is 1. The van der Waals surface area contributed by atoms with Crippen molar-refractivity contribution in [3.05, 3.63) is 46.4 Å². The van der Waals surface area contributed by atoms with Gasteiger partial charge in [0.1, 0.15) is 0 Å². The van der Waals surface area contributed by atoms with Gasteiger partial charge in [-0.05, 0) is 51.1 Å². The van der Waals surface area contributed by atoms with Crippen LogP contribution < -0.4 is 4.90 Å². The van der Waals surface area contributed by atoms with Gasteiger partial charge in [-0.2, -0.15) is 0 Å². The highest BCUT2D eigenvalue weighted by molar-refractivity contribution is 7.90. The standard InChI is InChI=1S/C17H20N2O3S2/c1-12(2)19(15-6-8-16(9-7-15)24(4,21)22)17(20)10-5-14-11-23-13(3)18-14/h5-12H,1-4H3/b10-5+. The smallest absolute Gasteiger partial charge is 0.251 e. The number of nitrogens with zero attached hydrogens (tertiary/aromatic N) is 2. The van der Waals surface area contributed by atoms with Crippen LogP contribution in [0.2, 0.25) is 0 Å². The van der Waals surface area contributed by atoms with E-state index in [1.54, 1.807) is 23.1 Å². The molecule has 1 aromatic heterocycles. The Balaban J connectivity index is 2.25. The van der Waals surface area contributed by atoms with Crippen LogP contribution in [0, 0.1) is 6.92 Å². The summed E-state index contributed by atoms with van der Waals surface area (Å²) in [6.45, 7) is 5.72. The molecule has 0 saturated heterocycles. The summed E-state index contributed by atoms with van der Waals surface area (Å²) in [5.41, 5.74) is 1.41. The Morgan fingerprint density at radius 3 is 2.33 bits per heavy atom. The molecule has 0 spiro atoms. The average Bonchev–Trinajstić information content (AvgIpc) is 2.90. The maximum absolute atomic E-state index is 12.5. The van der Waals surface area contributed by atoms with Gasteiger partial charge in [0.25, 0.3) is 5.91 Å². The molecule has 0 fully saturated rings. The van der Waals surface area contributed by atoms with Crippen molar-refractivity contribution < 1.29 is 13.2 Å². The lowest BCUT2D eigenvalue weighted by atomic mass is 10.2. The minimum Gasteiger partial charge on any atom is -0.306 e. The van der Waals surface area contributed by atoms with E-state index in [1.807, 2.05) is 26.2 Å². The molecule has 24 heavy (non-hydrogen) atoms. The quantitative estimate of drug-likeness (QED) is 0.764. The first-order valence-corrected chi connectivity index (χ1v) is 10.2. The van der Waals surface area contributed by atoms with Gasteiger partial charge in [0.2, 0.25) is 0 Å². The van der Waals surface area contributed by atoms with Gasteiger partial charge in [0.15, 0.2) is 9.84 Å². The number of amides is 1. The number of rotatable bonds is 5. The molecule has 0 unspecified atom stereocenters. The van der Waals surface area contributed by atoms with Crippen molar-refractivity contribution in [2.24, 2.45) is 0 Å². The topological polar surface area (TPSA) is 67.3 Å². The zero-order valence-corrected chi connectivity index (χ0v) is 15.7. The molecule has 1 heterocycles. The molecule has 0 atom stereocenters. The fourth-order valence-corrected chi connectivity index (χ4v) is 3.44. The first-order valence-electron chi connectivity index (χ1n) is 7.42. The molecule has 0 N–H and O–H groups in total. The fourth-order valence-electron chi connectivity index (χ4n) is 2.23. The first kappa shape index (κ1) is 18.4. The summed E-state index contributed by atoms with van der Waals surface area (Å²) in [6.07, 6.45) is 4.33. The highest BCUT2D eigenvalue weighted by atomic mass is 32.2. The summed E-state index contributed by atoms with van der Waals surface area (Å²) >= 11 is 1.53. The zero-order chi connectivity index (χ0) is 17.9. The van der Waals surface area contributed by atoms with Crippen LogP contribution in [0.15, 0.2) is 40.6 Å². The van der Waals surface area contributed by atoms with Crippen LogP contribution in [-0.4, -0.2) is 31.6 Å². The second-order valence-electron chi connectivity index (χ2n) is 5.69. The van der Waals surface area contributed by atoms with Crippen LogP contribution in [0.4, 0.5) is 5.69 Å². The molecule has 0 radical (unpaired) electrons. The number of benzene rings is 1. The third-order valence-corrected chi connectivity index (χ3v) is 5.25. The zero-order valence-electron chi connectivity index (χ0n) is 14.1. The van der Waals surface area contributed by atoms with Gasteiger partial charge < -0.3 is 4.90 Å². The first-order chi connectivity index (χ1) is 11.2. The summed E-state index contributed by atoms with van der Waals surface area (Å²) in [5, 5.41) is 2.83. The van der Waals surface area contributed by atoms with Crippen LogP contribution >= 0.6 is 11.3 Å². The van der Waals surface area contributed by atoms with Crippen molar-refractivity contribution >= 4 is 38.8 Å². The monoisotopic (exact) mass is 364 g/mol. The number of aryl methyl sites for hydroxylation is 1. The van der Waals surface area contributed by atoms with E-state index in [0.717, 1.165) is 17.0 Å². The maximum Gasteiger partial charge on any atom is 0.251 e. The van der Waals surface area contributed by atoms with Crippen molar-refractivity contribution in [1.29, 1.82) is 0 Å². The van der Waals surface area contributed by atoms with E-state index in [9.17, 15) is 13.2 Å². The number of anilines is 1. The second-order valence-corrected chi connectivity index (χ2v) is 8.77. The molecule has 1 amide bonds. The van der Waals surface area contributed by atoms with Gasteiger partial charge in [-0.25, -0.2) is 13.4 Å². The van der Waals surface area contributed by atoms with Crippen LogP contribution in [0.5, 0.6) is 0 Å². The summed E-state index contributed by atoms with van der Waals surface area (Å²) < 4.78 is 23.1. The average molecular weight is 364 g/mol. The van der Waals surface area contributed by atoms with E-state index in [0.29, 0.717) is 5.69 Å². The van der Waals surface area contributed by atoms with Crippen molar-refractivity contribution in [3.63, 3.8) is 0 Å². The van der Waals surface area contributed by atoms with E-state index < -0.39 is 9.84 Å². The molecule has 0 aliphatic carbocycles. The molecule has 1 aromatic carbocycles. The van der Waals surface area contributed by atoms with Gasteiger partial charge in [-0.3, -0.25) is 4.79 Å². The molecule has 7 heteroatoms. The van der Waals surface area contributed by atoms with Gasteiger partial charge in [0.05, 0.1) is 15.6 Å². The minimum atomic E-state index is -3.25. The van der Waals surface area contributed by atoms with Gasteiger partial charge >= 0.3 is 0 Å². The molecular weight excluding hydrogens is 344 g/mol. The Labute approximate surface area is 146 Å². The number of sulfone groups is 1. The number of carbonyl (C=O) groups excluding carboxylic acids is 1. The Kier molecular flexibility index (Phi) is 5.56. The lowest BCUT2D eigenvalue weighted by Gasteiger charge is -2.25. The molecular formula is C17H20N2O3S2. The largest absolute Gasteiger partial charge is 0.306 e. The molecule has 2 aromatic rings. The van der Waals surface area contributed by atoms with Gasteiger partial charge in [-0.15, -0.1) is 11.3 Å². The molecule has 5 nitrogen and oxygen atoms in total. The van der Waals surface area contributed by atoms with Crippen molar-refractivity contribution in [2.75, 3.05) is 11.2 Å². The molecule has 0 aliphatic heterocycles. The molecule has 2 rings (SSSR count). The van der Waals surface area contributed by atoms with Gasteiger partial charge in [0, 0.05) is 29.4 Å². The summed E-state index contributed by atoms with van der Waals surface area (Å²) in [7, 11) is -3.25. The van der Waals surface area contributed by atoms with E-state index in [4.69, 9.17) is 0 Å². The number of aromatic nitrogens is 1. The fraction of sp³-hybridized carbons (Fsp3) is 0.294. The minimum absolute atomic E-state index is 0.0663. The Bertz CT molecular complexity index is 850. The van der Waals surface area contributed by atoms with Crippen LogP contribution in [0.25, 0.3) is 6.08 Å². The third-order valence-electron chi connectivity index (χ3n) is 3.33. The summed E-state index contributed by atoms with van der Waals surface area (Å²) in [5.74, 6) is -0.178. The highest BCUT2D eigenvalue weighted by Crippen LogP contribution is 2.21. The van der Waals surface area contributed by atoms with E-state index >= 15 is 0 Å². The number of hydrogen-bond donors (Lipinski definition) is 0. The summed E-state index contributed by atoms with van der Waals surface area (Å²) in [6, 6.07) is 6.26. The van der Waals surface area contributed by atoms with Crippen molar-refractivity contribution in [2.45, 2.75) is 31.7 Å². The Hall–Kier alpha value is -1.99. The lowest BCUT2D eigenvalue weighted by Crippen LogP contribution is -2.35. The Morgan fingerprint density at radius 1 is 1.25 bits per heavy atom. The summed E-state index contributed by atoms with van der Waals surface area (Å²) in [4.78, 5) is 18.7. The second kappa shape index (κ2) is 7.27. The van der Waals surface area contributed by atoms with Crippen LogP contribution in [0.3, 0.4) is 0 Å². The third kappa shape index (κ3) is 4.52. The Morgan fingerprint density at radius 2 is 1.88 bits per heavy atom. The highest BCUT2D eigenvalue weighted by Gasteiger charge is 2.17. The molecule has 0 bridgehead atoms. The number of hydrogen-bond acceptors (Lipinski definition) is 5. The maximum atomic E-state index is 12.5. The van der Waals surface area contributed by atoms with E-state index in [2.05, 4.69) is 4.98 Å². The normalized spacial score (nSPS) is 12.0. The van der Waals surface area contributed by atoms with Crippen LogP contribution in [0.1, 0.15) is 24.5 Å². The predicted octanol–water partition coefficient (Wildman–Crippen LogP) is 3.31. The molecule has 128 valence electrons. The number of carbonyl (C=O) groups is 1. The molecule has 0 aliphatic rings. The van der Waals surface area contributed by atoms with Gasteiger partial charge in [-0.1, -0.05) is 0 Å².